The number of sulfonamides is 1. The van der Waals surface area contributed by atoms with E-state index in [0.29, 0.717) is 18.9 Å². The third-order valence-electron chi connectivity index (χ3n) is 4.69. The molecule has 2 aromatic rings. The summed E-state index contributed by atoms with van der Waals surface area (Å²) in [5.74, 6) is -2.73. The van der Waals surface area contributed by atoms with E-state index in [1.165, 1.54) is 29.6 Å². The molecule has 29 heavy (non-hydrogen) atoms. The molecule has 0 aromatic heterocycles. The first kappa shape index (κ1) is 21.5. The fraction of sp³-hybridized carbons (Fsp3) is 0.316. The summed E-state index contributed by atoms with van der Waals surface area (Å²) in [6, 6.07) is 7.09. The van der Waals surface area contributed by atoms with Crippen LogP contribution in [0.5, 0.6) is 5.75 Å². The van der Waals surface area contributed by atoms with Crippen LogP contribution in [0.4, 0.5) is 14.5 Å². The minimum absolute atomic E-state index is 0.0767. The number of ether oxygens (including phenoxy) is 1. The lowest BCUT2D eigenvalue weighted by Crippen LogP contribution is -2.43. The van der Waals surface area contributed by atoms with Gasteiger partial charge in [0, 0.05) is 24.2 Å². The number of halogens is 3. The molecular weight excluding hydrogens is 426 g/mol. The number of hydrogen-bond acceptors (Lipinski definition) is 4. The predicted octanol–water partition coefficient (Wildman–Crippen LogP) is 3.67. The van der Waals surface area contributed by atoms with Crippen molar-refractivity contribution in [3.8, 4) is 5.75 Å². The number of anilines is 1. The summed E-state index contributed by atoms with van der Waals surface area (Å²) in [5, 5.41) is 2.64. The zero-order valence-electron chi connectivity index (χ0n) is 15.5. The highest BCUT2D eigenvalue weighted by Gasteiger charge is 2.35. The maximum atomic E-state index is 13.8. The molecule has 10 heteroatoms. The molecule has 156 valence electrons. The smallest absolute Gasteiger partial charge is 0.246 e. The van der Waals surface area contributed by atoms with Crippen molar-refractivity contribution >= 4 is 33.2 Å². The fourth-order valence-corrected chi connectivity index (χ4v) is 5.13. The van der Waals surface area contributed by atoms with Crippen LogP contribution in [-0.4, -0.2) is 38.8 Å². The third-order valence-corrected chi connectivity index (χ3v) is 6.81. The molecule has 1 aliphatic heterocycles. The van der Waals surface area contributed by atoms with Crippen LogP contribution in [0.3, 0.4) is 0 Å². The normalized spacial score (nSPS) is 17.7. The first-order chi connectivity index (χ1) is 13.7. The fourth-order valence-electron chi connectivity index (χ4n) is 3.19. The number of rotatable bonds is 5. The second kappa shape index (κ2) is 8.64. The number of benzene rings is 2. The summed E-state index contributed by atoms with van der Waals surface area (Å²) in [7, 11) is -2.61. The lowest BCUT2D eigenvalue weighted by atomic mass is 9.98. The van der Waals surface area contributed by atoms with Gasteiger partial charge in [-0.05, 0) is 43.2 Å². The van der Waals surface area contributed by atoms with Gasteiger partial charge in [-0.2, -0.15) is 4.31 Å². The summed E-state index contributed by atoms with van der Waals surface area (Å²) in [6.07, 6.45) is 0.888. The summed E-state index contributed by atoms with van der Waals surface area (Å²) in [6.45, 7) is 0.152. The van der Waals surface area contributed by atoms with Crippen LogP contribution < -0.4 is 10.1 Å². The van der Waals surface area contributed by atoms with Gasteiger partial charge in [0.2, 0.25) is 15.9 Å². The van der Waals surface area contributed by atoms with Gasteiger partial charge in [-0.25, -0.2) is 17.2 Å². The van der Waals surface area contributed by atoms with Gasteiger partial charge in [-0.1, -0.05) is 11.6 Å². The van der Waals surface area contributed by atoms with Crippen molar-refractivity contribution in [3.63, 3.8) is 0 Å². The van der Waals surface area contributed by atoms with E-state index in [0.717, 1.165) is 12.1 Å². The van der Waals surface area contributed by atoms with Gasteiger partial charge in [0.05, 0.1) is 18.7 Å². The minimum Gasteiger partial charge on any atom is -0.495 e. The highest BCUT2D eigenvalue weighted by Crippen LogP contribution is 2.32. The van der Waals surface area contributed by atoms with E-state index in [4.69, 9.17) is 16.3 Å². The number of piperidine rings is 1. The molecule has 0 radical (unpaired) electrons. The van der Waals surface area contributed by atoms with E-state index in [1.54, 1.807) is 0 Å². The van der Waals surface area contributed by atoms with E-state index in [1.807, 2.05) is 0 Å². The monoisotopic (exact) mass is 444 g/mol. The molecule has 1 N–H and O–H groups in total. The Hall–Kier alpha value is -2.23. The standard InChI is InChI=1S/C19H19ClF2N2O4S/c1-28-17-7-4-13(20)9-18(17)29(26,27)24-8-2-3-12(11-24)19(25)23-16-6-5-14(21)10-15(16)22/h4-7,9-10,12H,2-3,8,11H2,1H3,(H,23,25)/t12-/m1/s1. The molecule has 0 aliphatic carbocycles. The van der Waals surface area contributed by atoms with E-state index < -0.39 is 33.5 Å². The Morgan fingerprint density at radius 2 is 2.00 bits per heavy atom. The zero-order valence-corrected chi connectivity index (χ0v) is 17.1. The largest absolute Gasteiger partial charge is 0.495 e. The molecule has 1 saturated heterocycles. The van der Waals surface area contributed by atoms with Crippen molar-refractivity contribution in [1.29, 1.82) is 0 Å². The average Bonchev–Trinajstić information content (AvgIpc) is 2.70. The molecule has 2 aromatic carbocycles. The van der Waals surface area contributed by atoms with Crippen LogP contribution >= 0.6 is 11.6 Å². The molecule has 0 spiro atoms. The molecular formula is C19H19ClF2N2O4S. The van der Waals surface area contributed by atoms with E-state index in [9.17, 15) is 22.0 Å². The number of carbonyl (C=O) groups excluding carboxylic acids is 1. The summed E-state index contributed by atoms with van der Waals surface area (Å²) < 4.78 is 59.3. The molecule has 1 atom stereocenters. The molecule has 0 unspecified atom stereocenters. The Morgan fingerprint density at radius 1 is 1.24 bits per heavy atom. The van der Waals surface area contributed by atoms with Crippen LogP contribution in [0.25, 0.3) is 0 Å². The predicted molar refractivity (Wildman–Crippen MR) is 104 cm³/mol. The molecule has 6 nitrogen and oxygen atoms in total. The minimum atomic E-state index is -3.96. The first-order valence-corrected chi connectivity index (χ1v) is 10.6. The molecule has 1 amide bonds. The molecule has 1 fully saturated rings. The van der Waals surface area contributed by atoms with Gasteiger partial charge in [0.1, 0.15) is 22.3 Å². The lowest BCUT2D eigenvalue weighted by Gasteiger charge is -2.31. The van der Waals surface area contributed by atoms with Gasteiger partial charge in [-0.3, -0.25) is 4.79 Å². The Balaban J connectivity index is 1.79. The molecule has 1 aliphatic rings. The molecule has 0 saturated carbocycles. The average molecular weight is 445 g/mol. The first-order valence-electron chi connectivity index (χ1n) is 8.82. The van der Waals surface area contributed by atoms with Crippen molar-refractivity contribution < 1.29 is 26.7 Å². The second-order valence-electron chi connectivity index (χ2n) is 6.61. The lowest BCUT2D eigenvalue weighted by molar-refractivity contribution is -0.120. The number of nitrogens with zero attached hydrogens (tertiary/aromatic N) is 1. The van der Waals surface area contributed by atoms with E-state index in [-0.39, 0.29) is 34.4 Å². The Labute approximate surface area is 172 Å². The van der Waals surface area contributed by atoms with Gasteiger partial charge >= 0.3 is 0 Å². The number of methoxy groups -OCH3 is 1. The Kier molecular flexibility index (Phi) is 6.40. The van der Waals surface area contributed by atoms with Crippen molar-refractivity contribution in [2.75, 3.05) is 25.5 Å². The number of carbonyl (C=O) groups is 1. The van der Waals surface area contributed by atoms with Crippen LogP contribution in [0, 0.1) is 17.6 Å². The SMILES string of the molecule is COc1ccc(Cl)cc1S(=O)(=O)N1CCC[C@@H](C(=O)Nc2ccc(F)cc2F)C1. The Bertz CT molecular complexity index is 1030. The van der Waals surface area contributed by atoms with E-state index in [2.05, 4.69) is 5.32 Å². The van der Waals surface area contributed by atoms with Gasteiger partial charge in [0.25, 0.3) is 0 Å². The summed E-state index contributed by atoms with van der Waals surface area (Å²) >= 11 is 5.95. The highest BCUT2D eigenvalue weighted by molar-refractivity contribution is 7.89. The van der Waals surface area contributed by atoms with Crippen molar-refractivity contribution in [1.82, 2.24) is 4.31 Å². The third kappa shape index (κ3) is 4.68. The van der Waals surface area contributed by atoms with Crippen LogP contribution in [-0.2, 0) is 14.8 Å². The van der Waals surface area contributed by atoms with Crippen LogP contribution in [0.1, 0.15) is 12.8 Å². The van der Waals surface area contributed by atoms with Gasteiger partial charge in [0.15, 0.2) is 0 Å². The maximum absolute atomic E-state index is 13.8. The molecule has 0 bridgehead atoms. The van der Waals surface area contributed by atoms with Crippen LogP contribution in [0.15, 0.2) is 41.3 Å². The molecule has 1 heterocycles. The second-order valence-corrected chi connectivity index (χ2v) is 8.95. The maximum Gasteiger partial charge on any atom is 0.246 e. The number of nitrogens with one attached hydrogen (secondary N) is 1. The van der Waals surface area contributed by atoms with Crippen molar-refractivity contribution in [3.05, 3.63) is 53.1 Å². The number of hydrogen-bond donors (Lipinski definition) is 1. The summed E-state index contributed by atoms with van der Waals surface area (Å²) in [5.41, 5.74) is -0.159. The van der Waals surface area contributed by atoms with Gasteiger partial charge in [-0.15, -0.1) is 0 Å². The van der Waals surface area contributed by atoms with Crippen molar-refractivity contribution in [2.45, 2.75) is 17.7 Å². The number of amides is 1. The summed E-state index contributed by atoms with van der Waals surface area (Å²) in [4.78, 5) is 12.5. The van der Waals surface area contributed by atoms with Gasteiger partial charge < -0.3 is 10.1 Å². The quantitative estimate of drug-likeness (QED) is 0.763. The molecule has 3 rings (SSSR count). The Morgan fingerprint density at radius 3 is 2.69 bits per heavy atom. The van der Waals surface area contributed by atoms with Crippen LogP contribution in [0.2, 0.25) is 5.02 Å². The topological polar surface area (TPSA) is 75.7 Å². The van der Waals surface area contributed by atoms with Crippen molar-refractivity contribution in [2.24, 2.45) is 5.92 Å². The van der Waals surface area contributed by atoms with E-state index >= 15 is 0 Å². The highest BCUT2D eigenvalue weighted by atomic mass is 35.5. The zero-order chi connectivity index (χ0) is 21.2.